The fraction of sp³-hybridized carbons (Fsp3) is 0.250. The van der Waals surface area contributed by atoms with Crippen LogP contribution in [0.5, 0.6) is 11.5 Å². The van der Waals surface area contributed by atoms with Crippen LogP contribution in [0.15, 0.2) is 72.8 Å². The van der Waals surface area contributed by atoms with E-state index in [4.69, 9.17) is 9.47 Å². The molecule has 0 fully saturated rings. The van der Waals surface area contributed by atoms with Crippen LogP contribution in [0.4, 0.5) is 11.4 Å². The third-order valence-electron chi connectivity index (χ3n) is 5.92. The molecular weight excluding hydrogens is 458 g/mol. The van der Waals surface area contributed by atoms with E-state index in [1.165, 1.54) is 7.11 Å². The molecule has 0 saturated heterocycles. The molecule has 0 aliphatic rings. The minimum absolute atomic E-state index is 0.148. The first kappa shape index (κ1) is 26.3. The number of amides is 3. The molecule has 0 aliphatic carbocycles. The number of hydrogen-bond acceptors (Lipinski definition) is 5. The normalized spacial score (nSPS) is 12.1. The van der Waals surface area contributed by atoms with Gasteiger partial charge in [0.15, 0.2) is 0 Å². The number of hydrogen-bond donors (Lipinski definition) is 3. The SMILES string of the molecule is CC[C@@H](C)[C@@H](NC(=O)c1ccccc1NC(=O)c1ccc(OC)cc1)C(=O)Nc1ccccc1OC. The number of ether oxygens (including phenoxy) is 2. The number of rotatable bonds is 10. The summed E-state index contributed by atoms with van der Waals surface area (Å²) in [5.74, 6) is -0.196. The van der Waals surface area contributed by atoms with Crippen molar-refractivity contribution in [2.45, 2.75) is 26.3 Å². The van der Waals surface area contributed by atoms with Crippen LogP contribution in [0.1, 0.15) is 41.0 Å². The largest absolute Gasteiger partial charge is 0.497 e. The highest BCUT2D eigenvalue weighted by Gasteiger charge is 2.28. The first-order valence-corrected chi connectivity index (χ1v) is 11.7. The van der Waals surface area contributed by atoms with Gasteiger partial charge in [0.1, 0.15) is 17.5 Å². The fourth-order valence-corrected chi connectivity index (χ4v) is 3.61. The maximum atomic E-state index is 13.3. The highest BCUT2D eigenvalue weighted by Crippen LogP contribution is 2.24. The topological polar surface area (TPSA) is 106 Å². The van der Waals surface area contributed by atoms with Gasteiger partial charge < -0.3 is 25.4 Å². The van der Waals surface area contributed by atoms with Crippen molar-refractivity contribution in [3.8, 4) is 11.5 Å². The molecule has 188 valence electrons. The summed E-state index contributed by atoms with van der Waals surface area (Å²) >= 11 is 0. The Bertz CT molecular complexity index is 1210. The smallest absolute Gasteiger partial charge is 0.255 e. The molecule has 8 nitrogen and oxygen atoms in total. The van der Waals surface area contributed by atoms with Crippen molar-refractivity contribution >= 4 is 29.1 Å². The lowest BCUT2D eigenvalue weighted by Crippen LogP contribution is -2.47. The summed E-state index contributed by atoms with van der Waals surface area (Å²) in [6.07, 6.45) is 0.667. The highest BCUT2D eigenvalue weighted by atomic mass is 16.5. The molecule has 3 amide bonds. The van der Waals surface area contributed by atoms with Gasteiger partial charge in [-0.3, -0.25) is 14.4 Å². The van der Waals surface area contributed by atoms with Crippen LogP contribution in [0.2, 0.25) is 0 Å². The van der Waals surface area contributed by atoms with E-state index in [9.17, 15) is 14.4 Å². The number of benzene rings is 3. The van der Waals surface area contributed by atoms with Gasteiger partial charge in [-0.1, -0.05) is 44.5 Å². The molecule has 3 aromatic rings. The van der Waals surface area contributed by atoms with Gasteiger partial charge in [0.25, 0.3) is 11.8 Å². The number of methoxy groups -OCH3 is 2. The summed E-state index contributed by atoms with van der Waals surface area (Å²) in [5.41, 5.74) is 1.51. The minimum atomic E-state index is -0.808. The van der Waals surface area contributed by atoms with Gasteiger partial charge in [-0.2, -0.15) is 0 Å². The molecular formula is C28H31N3O5. The molecule has 36 heavy (non-hydrogen) atoms. The van der Waals surface area contributed by atoms with E-state index in [1.54, 1.807) is 79.9 Å². The third-order valence-corrected chi connectivity index (χ3v) is 5.92. The number of nitrogens with one attached hydrogen (secondary N) is 3. The highest BCUT2D eigenvalue weighted by molar-refractivity contribution is 6.10. The molecule has 0 radical (unpaired) electrons. The molecule has 3 N–H and O–H groups in total. The molecule has 0 unspecified atom stereocenters. The third kappa shape index (κ3) is 6.41. The van der Waals surface area contributed by atoms with E-state index >= 15 is 0 Å². The molecule has 0 aliphatic heterocycles. The Morgan fingerprint density at radius 1 is 0.778 bits per heavy atom. The van der Waals surface area contributed by atoms with Gasteiger partial charge in [-0.15, -0.1) is 0 Å². The van der Waals surface area contributed by atoms with Crippen LogP contribution in [0.25, 0.3) is 0 Å². The number of carbonyl (C=O) groups excluding carboxylic acids is 3. The maximum absolute atomic E-state index is 13.3. The van der Waals surface area contributed by atoms with Crippen LogP contribution in [0, 0.1) is 5.92 Å². The predicted molar refractivity (Wildman–Crippen MR) is 140 cm³/mol. The second-order valence-corrected chi connectivity index (χ2v) is 8.25. The molecule has 0 aromatic heterocycles. The van der Waals surface area contributed by atoms with E-state index in [-0.39, 0.29) is 23.3 Å². The molecule has 3 rings (SSSR count). The van der Waals surface area contributed by atoms with Gasteiger partial charge >= 0.3 is 0 Å². The minimum Gasteiger partial charge on any atom is -0.497 e. The lowest BCUT2D eigenvalue weighted by Gasteiger charge is -2.24. The second kappa shape index (κ2) is 12.4. The molecule has 2 atom stereocenters. The van der Waals surface area contributed by atoms with E-state index in [1.807, 2.05) is 13.8 Å². The Morgan fingerprint density at radius 2 is 1.42 bits per heavy atom. The van der Waals surface area contributed by atoms with Crippen LogP contribution < -0.4 is 25.4 Å². The van der Waals surface area contributed by atoms with Crippen LogP contribution in [0.3, 0.4) is 0 Å². The molecule has 0 saturated carbocycles. The standard InChI is InChI=1S/C28H31N3O5/c1-5-18(2)25(28(34)30-23-12-8-9-13-24(23)36-4)31-27(33)21-10-6-7-11-22(21)29-26(32)19-14-16-20(35-3)17-15-19/h6-18,25H,5H2,1-4H3,(H,29,32)(H,30,34)(H,31,33)/t18-,25-/m1/s1. The van der Waals surface area contributed by atoms with Crippen molar-refractivity contribution in [3.63, 3.8) is 0 Å². The molecule has 0 bridgehead atoms. The Balaban J connectivity index is 1.79. The quantitative estimate of drug-likeness (QED) is 0.382. The van der Waals surface area contributed by atoms with Crippen molar-refractivity contribution in [3.05, 3.63) is 83.9 Å². The van der Waals surface area contributed by atoms with E-state index in [0.717, 1.165) is 0 Å². The predicted octanol–water partition coefficient (Wildman–Crippen LogP) is 4.74. The zero-order valence-electron chi connectivity index (χ0n) is 20.8. The fourth-order valence-electron chi connectivity index (χ4n) is 3.61. The Morgan fingerprint density at radius 3 is 2.06 bits per heavy atom. The van der Waals surface area contributed by atoms with Crippen molar-refractivity contribution < 1.29 is 23.9 Å². The van der Waals surface area contributed by atoms with Gasteiger partial charge in [0.2, 0.25) is 5.91 Å². The van der Waals surface area contributed by atoms with Crippen LogP contribution in [-0.2, 0) is 4.79 Å². The van der Waals surface area contributed by atoms with Gasteiger partial charge in [0.05, 0.1) is 31.2 Å². The molecule has 0 spiro atoms. The van der Waals surface area contributed by atoms with E-state index in [2.05, 4.69) is 16.0 Å². The lowest BCUT2D eigenvalue weighted by molar-refractivity contribution is -0.119. The zero-order chi connectivity index (χ0) is 26.1. The Hall–Kier alpha value is -4.33. The summed E-state index contributed by atoms with van der Waals surface area (Å²) in [7, 11) is 3.07. The summed E-state index contributed by atoms with van der Waals surface area (Å²) < 4.78 is 10.4. The van der Waals surface area contributed by atoms with E-state index in [0.29, 0.717) is 34.9 Å². The monoisotopic (exact) mass is 489 g/mol. The first-order chi connectivity index (χ1) is 17.4. The maximum Gasteiger partial charge on any atom is 0.255 e. The number of para-hydroxylation sites is 3. The van der Waals surface area contributed by atoms with E-state index < -0.39 is 11.9 Å². The first-order valence-electron chi connectivity index (χ1n) is 11.7. The summed E-state index contributed by atoms with van der Waals surface area (Å²) in [6.45, 7) is 3.84. The summed E-state index contributed by atoms with van der Waals surface area (Å²) in [5, 5.41) is 8.49. The Labute approximate surface area is 211 Å². The van der Waals surface area contributed by atoms with Crippen molar-refractivity contribution in [2.75, 3.05) is 24.9 Å². The number of carbonyl (C=O) groups is 3. The summed E-state index contributed by atoms with van der Waals surface area (Å²) in [4.78, 5) is 39.3. The summed E-state index contributed by atoms with van der Waals surface area (Å²) in [6, 6.07) is 19.6. The average molecular weight is 490 g/mol. The van der Waals surface area contributed by atoms with Gasteiger partial charge in [-0.05, 0) is 54.4 Å². The zero-order valence-corrected chi connectivity index (χ0v) is 20.8. The number of anilines is 2. The van der Waals surface area contributed by atoms with Gasteiger partial charge in [-0.25, -0.2) is 0 Å². The molecule has 3 aromatic carbocycles. The van der Waals surface area contributed by atoms with Crippen molar-refractivity contribution in [2.24, 2.45) is 5.92 Å². The molecule has 8 heteroatoms. The van der Waals surface area contributed by atoms with Crippen molar-refractivity contribution in [1.82, 2.24) is 5.32 Å². The average Bonchev–Trinajstić information content (AvgIpc) is 2.91. The molecule has 0 heterocycles. The van der Waals surface area contributed by atoms with Crippen LogP contribution >= 0.6 is 0 Å². The van der Waals surface area contributed by atoms with Crippen LogP contribution in [-0.4, -0.2) is 38.0 Å². The van der Waals surface area contributed by atoms with Crippen molar-refractivity contribution in [1.29, 1.82) is 0 Å². The van der Waals surface area contributed by atoms with Gasteiger partial charge in [0, 0.05) is 5.56 Å². The lowest BCUT2D eigenvalue weighted by atomic mass is 9.97. The Kier molecular flexibility index (Phi) is 9.05. The second-order valence-electron chi connectivity index (χ2n) is 8.25.